The molecule has 9 nitrogen and oxygen atoms in total. The zero-order chi connectivity index (χ0) is 24.3. The molecule has 0 fully saturated rings. The molecule has 0 N–H and O–H groups in total. The molecular formula is C22H30O9S2. The van der Waals surface area contributed by atoms with Gasteiger partial charge in [0.25, 0.3) is 20.2 Å². The van der Waals surface area contributed by atoms with Crippen molar-refractivity contribution < 1.29 is 39.4 Å². The van der Waals surface area contributed by atoms with Crippen LogP contribution >= 0.6 is 0 Å². The SMILES string of the molecule is CCOCCOCCOCC(OS(=O)(=O)c1ccc(C)cc1)OS(=O)(=O)c1ccc(C)cc1. The number of hydrogen-bond donors (Lipinski definition) is 0. The summed E-state index contributed by atoms with van der Waals surface area (Å²) in [7, 11) is -8.62. The fraction of sp³-hybridized carbons (Fsp3) is 0.455. The van der Waals surface area contributed by atoms with E-state index in [1.807, 2.05) is 20.8 Å². The fourth-order valence-electron chi connectivity index (χ4n) is 2.54. The molecule has 0 aliphatic carbocycles. The third-order valence-electron chi connectivity index (χ3n) is 4.29. The molecule has 0 aromatic heterocycles. The van der Waals surface area contributed by atoms with Gasteiger partial charge in [-0.05, 0) is 45.0 Å². The van der Waals surface area contributed by atoms with Crippen LogP contribution in [0.4, 0.5) is 0 Å². The lowest BCUT2D eigenvalue weighted by Gasteiger charge is -2.18. The maximum atomic E-state index is 12.7. The average molecular weight is 503 g/mol. The highest BCUT2D eigenvalue weighted by Gasteiger charge is 2.28. The van der Waals surface area contributed by atoms with Gasteiger partial charge in [-0.25, -0.2) is 8.37 Å². The first-order valence-corrected chi connectivity index (χ1v) is 13.2. The number of rotatable bonds is 15. The second-order valence-electron chi connectivity index (χ2n) is 7.04. The Hall–Kier alpha value is -1.86. The summed E-state index contributed by atoms with van der Waals surface area (Å²) in [5.74, 6) is 0. The van der Waals surface area contributed by atoms with Crippen LogP contribution in [0.2, 0.25) is 0 Å². The minimum atomic E-state index is -4.31. The van der Waals surface area contributed by atoms with E-state index < -0.39 is 33.1 Å². The molecule has 0 heterocycles. The van der Waals surface area contributed by atoms with Gasteiger partial charge in [-0.2, -0.15) is 16.8 Å². The Bertz CT molecular complexity index is 971. The van der Waals surface area contributed by atoms with Crippen molar-refractivity contribution in [1.82, 2.24) is 0 Å². The Balaban J connectivity index is 2.07. The van der Waals surface area contributed by atoms with Gasteiger partial charge in [0.2, 0.25) is 6.29 Å². The van der Waals surface area contributed by atoms with Gasteiger partial charge in [-0.15, -0.1) is 0 Å². The van der Waals surface area contributed by atoms with Crippen LogP contribution in [-0.4, -0.2) is 62.8 Å². The third-order valence-corrected chi connectivity index (χ3v) is 6.92. The van der Waals surface area contributed by atoms with Gasteiger partial charge in [0, 0.05) is 6.61 Å². The van der Waals surface area contributed by atoms with Crippen molar-refractivity contribution in [3.8, 4) is 0 Å². The Kier molecular flexibility index (Phi) is 10.9. The number of aryl methyl sites for hydroxylation is 2. The lowest BCUT2D eigenvalue weighted by Crippen LogP contribution is -2.30. The fourth-order valence-corrected chi connectivity index (χ4v) is 4.50. The topological polar surface area (TPSA) is 114 Å². The van der Waals surface area contributed by atoms with Crippen molar-refractivity contribution in [2.45, 2.75) is 36.9 Å². The average Bonchev–Trinajstić information content (AvgIpc) is 2.75. The Morgan fingerprint density at radius 2 is 1.03 bits per heavy atom. The monoisotopic (exact) mass is 502 g/mol. The quantitative estimate of drug-likeness (QED) is 0.206. The molecule has 0 bridgehead atoms. The van der Waals surface area contributed by atoms with Crippen molar-refractivity contribution in [2.24, 2.45) is 0 Å². The molecule has 33 heavy (non-hydrogen) atoms. The molecule has 0 atom stereocenters. The van der Waals surface area contributed by atoms with Gasteiger partial charge in [-0.1, -0.05) is 35.4 Å². The van der Waals surface area contributed by atoms with Crippen molar-refractivity contribution >= 4 is 20.2 Å². The van der Waals surface area contributed by atoms with Gasteiger partial charge in [0.05, 0.1) is 36.2 Å². The Labute approximate surface area is 195 Å². The molecule has 0 amide bonds. The molecule has 2 aromatic carbocycles. The minimum Gasteiger partial charge on any atom is -0.379 e. The van der Waals surface area contributed by atoms with Gasteiger partial charge in [0.1, 0.15) is 6.61 Å². The van der Waals surface area contributed by atoms with Gasteiger partial charge in [0.15, 0.2) is 0 Å². The highest BCUT2D eigenvalue weighted by Crippen LogP contribution is 2.20. The van der Waals surface area contributed by atoms with Gasteiger partial charge >= 0.3 is 0 Å². The number of benzene rings is 2. The van der Waals surface area contributed by atoms with Crippen LogP contribution in [0.25, 0.3) is 0 Å². The van der Waals surface area contributed by atoms with Crippen LogP contribution in [0.15, 0.2) is 58.3 Å². The van der Waals surface area contributed by atoms with E-state index in [9.17, 15) is 16.8 Å². The van der Waals surface area contributed by atoms with Crippen LogP contribution in [0.5, 0.6) is 0 Å². The normalized spacial score (nSPS) is 12.4. The van der Waals surface area contributed by atoms with Crippen LogP contribution in [0.1, 0.15) is 18.1 Å². The molecule has 0 spiro atoms. The lowest BCUT2D eigenvalue weighted by atomic mass is 10.2. The smallest absolute Gasteiger partial charge is 0.299 e. The number of ether oxygens (including phenoxy) is 3. The van der Waals surface area contributed by atoms with E-state index in [0.29, 0.717) is 19.8 Å². The van der Waals surface area contributed by atoms with E-state index in [4.69, 9.17) is 22.6 Å². The number of hydrogen-bond acceptors (Lipinski definition) is 9. The van der Waals surface area contributed by atoms with E-state index in [-0.39, 0.29) is 23.0 Å². The molecule has 2 rings (SSSR count). The summed E-state index contributed by atoms with van der Waals surface area (Å²) in [6, 6.07) is 11.9. The second kappa shape index (κ2) is 13.1. The molecule has 0 aliphatic heterocycles. The van der Waals surface area contributed by atoms with Crippen LogP contribution in [0.3, 0.4) is 0 Å². The molecule has 0 saturated carbocycles. The molecular weight excluding hydrogens is 472 g/mol. The summed E-state index contributed by atoms with van der Waals surface area (Å²) in [5.41, 5.74) is 1.72. The summed E-state index contributed by atoms with van der Waals surface area (Å²) < 4.78 is 76.7. The Morgan fingerprint density at radius 1 is 0.636 bits per heavy atom. The third kappa shape index (κ3) is 9.49. The molecule has 184 valence electrons. The predicted molar refractivity (Wildman–Crippen MR) is 121 cm³/mol. The molecule has 0 unspecified atom stereocenters. The van der Waals surface area contributed by atoms with Crippen LogP contribution in [0, 0.1) is 13.8 Å². The first-order chi connectivity index (χ1) is 15.6. The van der Waals surface area contributed by atoms with E-state index in [2.05, 4.69) is 0 Å². The van der Waals surface area contributed by atoms with Gasteiger partial charge < -0.3 is 14.2 Å². The first kappa shape index (κ1) is 27.4. The van der Waals surface area contributed by atoms with Crippen LogP contribution in [-0.2, 0) is 42.8 Å². The lowest BCUT2D eigenvalue weighted by molar-refractivity contribution is -0.0647. The Morgan fingerprint density at radius 3 is 1.45 bits per heavy atom. The summed E-state index contributed by atoms with van der Waals surface area (Å²) in [6.07, 6.45) is -1.73. The van der Waals surface area contributed by atoms with E-state index in [0.717, 1.165) is 11.1 Å². The second-order valence-corrected chi connectivity index (χ2v) is 10.2. The summed E-state index contributed by atoms with van der Waals surface area (Å²) in [4.78, 5) is -0.262. The van der Waals surface area contributed by atoms with E-state index in [1.165, 1.54) is 24.3 Å². The predicted octanol–water partition coefficient (Wildman–Crippen LogP) is 2.81. The zero-order valence-electron chi connectivity index (χ0n) is 18.9. The molecule has 11 heteroatoms. The maximum Gasteiger partial charge on any atom is 0.299 e. The highest BCUT2D eigenvalue weighted by molar-refractivity contribution is 7.87. The van der Waals surface area contributed by atoms with E-state index in [1.54, 1.807) is 24.3 Å². The molecule has 0 radical (unpaired) electrons. The van der Waals surface area contributed by atoms with E-state index >= 15 is 0 Å². The molecule has 0 saturated heterocycles. The standard InChI is InChI=1S/C22H30O9S2/c1-4-27-13-14-28-15-16-29-17-22(30-32(23,24)20-9-5-18(2)6-10-20)31-33(25,26)21-11-7-19(3)8-12-21/h5-12,22H,4,13-17H2,1-3H3. The summed E-state index contributed by atoms with van der Waals surface area (Å²) >= 11 is 0. The van der Waals surface area contributed by atoms with Gasteiger partial charge in [-0.3, -0.25) is 0 Å². The van der Waals surface area contributed by atoms with Crippen LogP contribution < -0.4 is 0 Å². The zero-order valence-corrected chi connectivity index (χ0v) is 20.6. The minimum absolute atomic E-state index is 0.0739. The van der Waals surface area contributed by atoms with Crippen molar-refractivity contribution in [1.29, 1.82) is 0 Å². The maximum absolute atomic E-state index is 12.7. The largest absolute Gasteiger partial charge is 0.379 e. The summed E-state index contributed by atoms with van der Waals surface area (Å²) in [5, 5.41) is 0. The summed E-state index contributed by atoms with van der Waals surface area (Å²) in [6.45, 7) is 6.71. The van der Waals surface area contributed by atoms with Crippen molar-refractivity contribution in [3.63, 3.8) is 0 Å². The van der Waals surface area contributed by atoms with Crippen molar-refractivity contribution in [3.05, 3.63) is 59.7 Å². The highest BCUT2D eigenvalue weighted by atomic mass is 32.2. The first-order valence-electron chi connectivity index (χ1n) is 10.4. The van der Waals surface area contributed by atoms with Crippen molar-refractivity contribution in [2.75, 3.05) is 39.6 Å². The molecule has 0 aliphatic rings. The molecule has 2 aromatic rings.